The molecule has 84 valence electrons. The zero-order valence-electron chi connectivity index (χ0n) is 8.08. The van der Waals surface area contributed by atoms with Gasteiger partial charge in [-0.2, -0.15) is 4.98 Å². The van der Waals surface area contributed by atoms with Crippen molar-refractivity contribution >= 4 is 11.6 Å². The molecule has 6 heteroatoms. The van der Waals surface area contributed by atoms with Gasteiger partial charge in [0.15, 0.2) is 17.5 Å². The van der Waals surface area contributed by atoms with Gasteiger partial charge in [0.25, 0.3) is 0 Å². The molecular formula is C10H7ClF2N2O. The number of nitrogens with zero attached hydrogens (tertiary/aromatic N) is 2. The van der Waals surface area contributed by atoms with Gasteiger partial charge in [0.1, 0.15) is 0 Å². The second-order valence-electron chi connectivity index (χ2n) is 3.13. The average Bonchev–Trinajstić information content (AvgIpc) is 2.73. The lowest BCUT2D eigenvalue weighted by Gasteiger charge is -1.99. The lowest BCUT2D eigenvalue weighted by molar-refractivity contribution is 0.378. The molecule has 3 nitrogen and oxygen atoms in total. The van der Waals surface area contributed by atoms with Crippen molar-refractivity contribution in [1.29, 1.82) is 0 Å². The molecule has 2 rings (SSSR count). The Morgan fingerprint density at radius 3 is 2.81 bits per heavy atom. The second kappa shape index (κ2) is 4.57. The maximum Gasteiger partial charge on any atom is 0.231 e. The van der Waals surface area contributed by atoms with E-state index in [1.165, 1.54) is 12.1 Å². The molecule has 0 bridgehead atoms. The zero-order valence-corrected chi connectivity index (χ0v) is 8.84. The van der Waals surface area contributed by atoms with E-state index in [9.17, 15) is 8.78 Å². The SMILES string of the molecule is Fc1cccc(Cc2nc(CCl)no2)c1F. The topological polar surface area (TPSA) is 38.9 Å². The molecule has 2 aromatic rings. The first kappa shape index (κ1) is 11.0. The molecule has 0 fully saturated rings. The van der Waals surface area contributed by atoms with E-state index in [0.717, 1.165) is 6.07 Å². The Hall–Kier alpha value is -1.49. The van der Waals surface area contributed by atoms with E-state index < -0.39 is 11.6 Å². The van der Waals surface area contributed by atoms with Gasteiger partial charge in [-0.25, -0.2) is 8.78 Å². The Balaban J connectivity index is 2.23. The van der Waals surface area contributed by atoms with Crippen LogP contribution in [-0.4, -0.2) is 10.1 Å². The fraction of sp³-hybridized carbons (Fsp3) is 0.200. The smallest absolute Gasteiger partial charge is 0.231 e. The molecule has 0 aliphatic carbocycles. The highest BCUT2D eigenvalue weighted by molar-refractivity contribution is 6.16. The van der Waals surface area contributed by atoms with Gasteiger partial charge in [-0.1, -0.05) is 17.3 Å². The van der Waals surface area contributed by atoms with Crippen molar-refractivity contribution in [3.63, 3.8) is 0 Å². The minimum Gasteiger partial charge on any atom is -0.339 e. The molecular weight excluding hydrogens is 238 g/mol. The van der Waals surface area contributed by atoms with Crippen LogP contribution in [-0.2, 0) is 12.3 Å². The van der Waals surface area contributed by atoms with Crippen LogP contribution in [0.3, 0.4) is 0 Å². The summed E-state index contributed by atoms with van der Waals surface area (Å²) in [5, 5.41) is 3.55. The third kappa shape index (κ3) is 2.19. The van der Waals surface area contributed by atoms with Gasteiger partial charge in [-0.05, 0) is 6.07 Å². The normalized spacial score (nSPS) is 10.7. The fourth-order valence-corrected chi connectivity index (χ4v) is 1.37. The number of rotatable bonds is 3. The summed E-state index contributed by atoms with van der Waals surface area (Å²) in [7, 11) is 0. The van der Waals surface area contributed by atoms with Crippen LogP contribution in [0.1, 0.15) is 17.3 Å². The highest BCUT2D eigenvalue weighted by Crippen LogP contribution is 2.15. The Bertz CT molecular complexity index is 501. The Morgan fingerprint density at radius 2 is 2.12 bits per heavy atom. The largest absolute Gasteiger partial charge is 0.339 e. The molecule has 0 aliphatic rings. The number of alkyl halides is 1. The van der Waals surface area contributed by atoms with Crippen LogP contribution in [0.15, 0.2) is 22.7 Å². The second-order valence-corrected chi connectivity index (χ2v) is 3.39. The number of hydrogen-bond donors (Lipinski definition) is 0. The first-order valence-corrected chi connectivity index (χ1v) is 5.04. The van der Waals surface area contributed by atoms with Crippen LogP contribution >= 0.6 is 11.6 Å². The molecule has 0 radical (unpaired) electrons. The highest BCUT2D eigenvalue weighted by Gasteiger charge is 2.12. The predicted octanol–water partition coefficient (Wildman–Crippen LogP) is 2.68. The van der Waals surface area contributed by atoms with Crippen molar-refractivity contribution in [2.75, 3.05) is 0 Å². The van der Waals surface area contributed by atoms with Crippen molar-refractivity contribution in [3.8, 4) is 0 Å². The van der Waals surface area contributed by atoms with Crippen LogP contribution in [0.5, 0.6) is 0 Å². The number of benzene rings is 1. The molecule has 0 aliphatic heterocycles. The Labute approximate surface area is 95.0 Å². The van der Waals surface area contributed by atoms with E-state index in [0.29, 0.717) is 5.82 Å². The summed E-state index contributed by atoms with van der Waals surface area (Å²) in [4.78, 5) is 3.90. The van der Waals surface area contributed by atoms with Crippen molar-refractivity contribution in [3.05, 3.63) is 47.1 Å². The quantitative estimate of drug-likeness (QED) is 0.780. The van der Waals surface area contributed by atoms with E-state index >= 15 is 0 Å². The first-order valence-electron chi connectivity index (χ1n) is 4.51. The first-order chi connectivity index (χ1) is 7.70. The van der Waals surface area contributed by atoms with Crippen LogP contribution in [0.4, 0.5) is 8.78 Å². The minimum absolute atomic E-state index is 0.0491. The van der Waals surface area contributed by atoms with Crippen molar-refractivity contribution in [1.82, 2.24) is 10.1 Å². The van der Waals surface area contributed by atoms with Crippen molar-refractivity contribution < 1.29 is 13.3 Å². The maximum atomic E-state index is 13.3. The molecule has 0 unspecified atom stereocenters. The average molecular weight is 245 g/mol. The number of halogens is 3. The molecule has 0 N–H and O–H groups in total. The maximum absolute atomic E-state index is 13.3. The van der Waals surface area contributed by atoms with Crippen molar-refractivity contribution in [2.24, 2.45) is 0 Å². The summed E-state index contributed by atoms with van der Waals surface area (Å²) in [5.74, 6) is -1.13. The lowest BCUT2D eigenvalue weighted by Crippen LogP contribution is -1.96. The minimum atomic E-state index is -0.895. The van der Waals surface area contributed by atoms with E-state index in [4.69, 9.17) is 16.1 Å². The van der Waals surface area contributed by atoms with Crippen LogP contribution in [0.2, 0.25) is 0 Å². The molecule has 0 atom stereocenters. The summed E-state index contributed by atoms with van der Waals surface area (Å²) in [5.41, 5.74) is 0.171. The monoisotopic (exact) mass is 244 g/mol. The summed E-state index contributed by atoms with van der Waals surface area (Å²) < 4.78 is 31.0. The molecule has 16 heavy (non-hydrogen) atoms. The number of aromatic nitrogens is 2. The zero-order chi connectivity index (χ0) is 11.5. The Morgan fingerprint density at radius 1 is 1.31 bits per heavy atom. The van der Waals surface area contributed by atoms with E-state index in [2.05, 4.69) is 10.1 Å². The van der Waals surface area contributed by atoms with Gasteiger partial charge in [0.2, 0.25) is 5.89 Å². The summed E-state index contributed by atoms with van der Waals surface area (Å²) >= 11 is 5.48. The van der Waals surface area contributed by atoms with Gasteiger partial charge in [0, 0.05) is 5.56 Å². The molecule has 1 aromatic carbocycles. The van der Waals surface area contributed by atoms with Gasteiger partial charge in [0.05, 0.1) is 12.3 Å². The van der Waals surface area contributed by atoms with Crippen LogP contribution < -0.4 is 0 Å². The van der Waals surface area contributed by atoms with Crippen LogP contribution in [0, 0.1) is 11.6 Å². The number of hydrogen-bond acceptors (Lipinski definition) is 3. The van der Waals surface area contributed by atoms with Gasteiger partial charge in [-0.3, -0.25) is 0 Å². The van der Waals surface area contributed by atoms with Gasteiger partial charge >= 0.3 is 0 Å². The third-order valence-corrected chi connectivity index (χ3v) is 2.24. The molecule has 1 heterocycles. The van der Waals surface area contributed by atoms with Gasteiger partial charge in [-0.15, -0.1) is 11.6 Å². The predicted molar refractivity (Wildman–Crippen MR) is 53.0 cm³/mol. The summed E-state index contributed by atoms with van der Waals surface area (Å²) in [6, 6.07) is 3.94. The van der Waals surface area contributed by atoms with E-state index in [1.54, 1.807) is 0 Å². The third-order valence-electron chi connectivity index (χ3n) is 2.00. The summed E-state index contributed by atoms with van der Waals surface area (Å²) in [6.07, 6.45) is 0.0491. The lowest BCUT2D eigenvalue weighted by atomic mass is 10.1. The molecule has 0 saturated carbocycles. The van der Waals surface area contributed by atoms with Crippen molar-refractivity contribution in [2.45, 2.75) is 12.3 Å². The fourth-order valence-electron chi connectivity index (χ4n) is 1.26. The molecule has 0 amide bonds. The molecule has 0 spiro atoms. The van der Waals surface area contributed by atoms with Gasteiger partial charge < -0.3 is 4.52 Å². The van der Waals surface area contributed by atoms with E-state index in [1.807, 2.05) is 0 Å². The molecule has 1 aromatic heterocycles. The highest BCUT2D eigenvalue weighted by atomic mass is 35.5. The Kier molecular flexibility index (Phi) is 3.14. The van der Waals surface area contributed by atoms with Crippen LogP contribution in [0.25, 0.3) is 0 Å². The summed E-state index contributed by atoms with van der Waals surface area (Å²) in [6.45, 7) is 0. The molecule has 0 saturated heterocycles. The standard InChI is InChI=1S/C10H7ClF2N2O/c11-5-8-14-9(16-15-8)4-6-2-1-3-7(12)10(6)13/h1-3H,4-5H2. The van der Waals surface area contributed by atoms with E-state index in [-0.39, 0.29) is 23.8 Å².